The van der Waals surface area contributed by atoms with Crippen LogP contribution in [0.15, 0.2) is 18.2 Å². The van der Waals surface area contributed by atoms with Gasteiger partial charge < -0.3 is 10.2 Å². The van der Waals surface area contributed by atoms with Gasteiger partial charge in [0.05, 0.1) is 0 Å². The smallest absolute Gasteiger partial charge is 0.129 e. The Labute approximate surface area is 122 Å². The highest BCUT2D eigenvalue weighted by molar-refractivity contribution is 5.54. The van der Waals surface area contributed by atoms with Crippen LogP contribution in [0.4, 0.5) is 10.1 Å². The summed E-state index contributed by atoms with van der Waals surface area (Å²) in [5, 5.41) is 3.25. The molecule has 1 N–H and O–H groups in total. The van der Waals surface area contributed by atoms with Crippen molar-refractivity contribution in [3.63, 3.8) is 0 Å². The van der Waals surface area contributed by atoms with Crippen molar-refractivity contribution < 1.29 is 4.39 Å². The number of halogens is 1. The predicted molar refractivity (Wildman–Crippen MR) is 83.6 cm³/mol. The first kappa shape index (κ1) is 15.3. The predicted octanol–water partition coefficient (Wildman–Crippen LogP) is 3.95. The molecule has 0 aliphatic carbocycles. The molecule has 1 aliphatic heterocycles. The first-order valence-corrected chi connectivity index (χ1v) is 7.76. The third-order valence-electron chi connectivity index (χ3n) is 4.33. The fourth-order valence-electron chi connectivity index (χ4n) is 2.93. The lowest BCUT2D eigenvalue weighted by atomic mass is 9.85. The number of benzene rings is 1. The van der Waals surface area contributed by atoms with Gasteiger partial charge >= 0.3 is 0 Å². The van der Waals surface area contributed by atoms with Crippen molar-refractivity contribution in [1.82, 2.24) is 5.32 Å². The maximum absolute atomic E-state index is 14.1. The zero-order chi connectivity index (χ0) is 14.6. The third-order valence-corrected chi connectivity index (χ3v) is 4.33. The number of hydrogen-bond donors (Lipinski definition) is 1. The number of nitrogens with zero attached hydrogens (tertiary/aromatic N) is 1. The quantitative estimate of drug-likeness (QED) is 0.897. The van der Waals surface area contributed by atoms with Crippen molar-refractivity contribution in [2.24, 2.45) is 5.41 Å². The number of nitrogens with one attached hydrogen (secondary N) is 1. The van der Waals surface area contributed by atoms with Crippen LogP contribution in [0.3, 0.4) is 0 Å². The molecule has 112 valence electrons. The molecule has 2 rings (SSSR count). The number of anilines is 1. The molecule has 3 heteroatoms. The van der Waals surface area contributed by atoms with Gasteiger partial charge in [0.1, 0.15) is 5.82 Å². The molecule has 20 heavy (non-hydrogen) atoms. The summed E-state index contributed by atoms with van der Waals surface area (Å²) in [6.45, 7) is 10.2. The molecule has 0 spiro atoms. The van der Waals surface area contributed by atoms with E-state index in [1.807, 2.05) is 6.07 Å². The van der Waals surface area contributed by atoms with E-state index in [9.17, 15) is 4.39 Å². The van der Waals surface area contributed by atoms with Crippen LogP contribution in [0.25, 0.3) is 0 Å². The van der Waals surface area contributed by atoms with Gasteiger partial charge in [0.25, 0.3) is 0 Å². The van der Waals surface area contributed by atoms with Gasteiger partial charge in [0.2, 0.25) is 0 Å². The Balaban J connectivity index is 2.21. The third kappa shape index (κ3) is 3.72. The molecule has 0 aromatic heterocycles. The summed E-state index contributed by atoms with van der Waals surface area (Å²) in [7, 11) is 0. The molecule has 1 aromatic rings. The first-order valence-electron chi connectivity index (χ1n) is 7.76. The second kappa shape index (κ2) is 6.57. The van der Waals surface area contributed by atoms with Gasteiger partial charge in [-0.3, -0.25) is 0 Å². The Morgan fingerprint density at radius 1 is 1.25 bits per heavy atom. The van der Waals surface area contributed by atoms with Crippen molar-refractivity contribution in [1.29, 1.82) is 0 Å². The van der Waals surface area contributed by atoms with E-state index < -0.39 is 0 Å². The van der Waals surface area contributed by atoms with Crippen molar-refractivity contribution >= 4 is 5.69 Å². The minimum absolute atomic E-state index is 0.0908. The number of hydrogen-bond acceptors (Lipinski definition) is 2. The van der Waals surface area contributed by atoms with E-state index in [1.54, 1.807) is 6.07 Å². The van der Waals surface area contributed by atoms with Crippen molar-refractivity contribution in [2.75, 3.05) is 24.5 Å². The van der Waals surface area contributed by atoms with Crippen LogP contribution in [0.1, 0.15) is 45.6 Å². The summed E-state index contributed by atoms with van der Waals surface area (Å²) in [5.41, 5.74) is 2.29. The molecule has 2 nitrogen and oxygen atoms in total. The molecule has 0 saturated carbocycles. The maximum Gasteiger partial charge on any atom is 0.129 e. The highest BCUT2D eigenvalue weighted by atomic mass is 19.1. The van der Waals surface area contributed by atoms with E-state index in [0.29, 0.717) is 12.0 Å². The summed E-state index contributed by atoms with van der Waals surface area (Å²) in [6, 6.07) is 5.46. The van der Waals surface area contributed by atoms with Crippen molar-refractivity contribution in [3.05, 3.63) is 29.6 Å². The summed E-state index contributed by atoms with van der Waals surface area (Å²) >= 11 is 0. The minimum atomic E-state index is -0.0908. The van der Waals surface area contributed by atoms with Crippen LogP contribution >= 0.6 is 0 Å². The molecule has 1 fully saturated rings. The Morgan fingerprint density at radius 3 is 2.80 bits per heavy atom. The summed E-state index contributed by atoms with van der Waals surface area (Å²) < 4.78 is 14.1. The molecule has 1 saturated heterocycles. The zero-order valence-corrected chi connectivity index (χ0v) is 13.0. The second-order valence-corrected chi connectivity index (χ2v) is 6.52. The maximum atomic E-state index is 14.1. The number of rotatable bonds is 4. The highest BCUT2D eigenvalue weighted by Gasteiger charge is 2.24. The Kier molecular flexibility index (Phi) is 5.03. The van der Waals surface area contributed by atoms with E-state index in [1.165, 1.54) is 19.3 Å². The molecule has 0 bridgehead atoms. The van der Waals surface area contributed by atoms with Crippen LogP contribution in [-0.4, -0.2) is 19.6 Å². The molecular weight excluding hydrogens is 251 g/mol. The molecule has 1 aliphatic rings. The Morgan fingerprint density at radius 2 is 2.05 bits per heavy atom. The SMILES string of the molecule is CCNCc1c(F)cccc1N1CCCC(C)(C)CC1. The summed E-state index contributed by atoms with van der Waals surface area (Å²) in [4.78, 5) is 2.37. The van der Waals surface area contributed by atoms with Crippen LogP contribution in [0.5, 0.6) is 0 Å². The standard InChI is InChI=1S/C17H27FN2/c1-4-19-13-14-15(18)7-5-8-16(14)20-11-6-9-17(2,3)10-12-20/h5,7-8,19H,4,6,9-13H2,1-3H3. The van der Waals surface area contributed by atoms with Crippen LogP contribution in [0, 0.1) is 11.2 Å². The lowest BCUT2D eigenvalue weighted by molar-refractivity contribution is 0.325. The monoisotopic (exact) mass is 278 g/mol. The second-order valence-electron chi connectivity index (χ2n) is 6.52. The average molecular weight is 278 g/mol. The van der Waals surface area contributed by atoms with E-state index in [2.05, 4.69) is 37.1 Å². The summed E-state index contributed by atoms with van der Waals surface area (Å²) in [6.07, 6.45) is 3.61. The first-order chi connectivity index (χ1) is 9.53. The molecule has 0 atom stereocenters. The topological polar surface area (TPSA) is 15.3 Å². The lowest BCUT2D eigenvalue weighted by Crippen LogP contribution is -2.27. The zero-order valence-electron chi connectivity index (χ0n) is 13.0. The van der Waals surface area contributed by atoms with Crippen LogP contribution < -0.4 is 10.2 Å². The normalized spacial score (nSPS) is 18.9. The van der Waals surface area contributed by atoms with Gasteiger partial charge in [-0.2, -0.15) is 0 Å². The molecule has 0 radical (unpaired) electrons. The minimum Gasteiger partial charge on any atom is -0.371 e. The molecule has 1 heterocycles. The van der Waals surface area contributed by atoms with E-state index >= 15 is 0 Å². The van der Waals surface area contributed by atoms with Gasteiger partial charge in [-0.25, -0.2) is 4.39 Å². The fraction of sp³-hybridized carbons (Fsp3) is 0.647. The lowest BCUT2D eigenvalue weighted by Gasteiger charge is -2.27. The van der Waals surface area contributed by atoms with Gasteiger partial charge in [0, 0.05) is 30.9 Å². The van der Waals surface area contributed by atoms with Gasteiger partial charge in [-0.05, 0) is 43.4 Å². The molecular formula is C17H27FN2. The van der Waals surface area contributed by atoms with Crippen LogP contribution in [0.2, 0.25) is 0 Å². The van der Waals surface area contributed by atoms with Gasteiger partial charge in [-0.1, -0.05) is 26.8 Å². The molecule has 0 amide bonds. The van der Waals surface area contributed by atoms with E-state index in [-0.39, 0.29) is 5.82 Å². The van der Waals surface area contributed by atoms with Crippen LogP contribution in [-0.2, 0) is 6.54 Å². The highest BCUT2D eigenvalue weighted by Crippen LogP contribution is 2.33. The Hall–Kier alpha value is -1.09. The van der Waals surface area contributed by atoms with E-state index in [0.717, 1.165) is 30.9 Å². The van der Waals surface area contributed by atoms with Crippen molar-refractivity contribution in [2.45, 2.75) is 46.6 Å². The van der Waals surface area contributed by atoms with E-state index in [4.69, 9.17) is 0 Å². The largest absolute Gasteiger partial charge is 0.371 e. The van der Waals surface area contributed by atoms with Gasteiger partial charge in [0.15, 0.2) is 0 Å². The average Bonchev–Trinajstić information content (AvgIpc) is 2.58. The summed E-state index contributed by atoms with van der Waals surface area (Å²) in [5.74, 6) is -0.0908. The molecule has 1 aromatic carbocycles. The van der Waals surface area contributed by atoms with Gasteiger partial charge in [-0.15, -0.1) is 0 Å². The van der Waals surface area contributed by atoms with Crippen molar-refractivity contribution in [3.8, 4) is 0 Å². The fourth-order valence-corrected chi connectivity index (χ4v) is 2.93. The Bertz CT molecular complexity index is 443. The molecule has 0 unspecified atom stereocenters.